The SMILES string of the molecule is CC(N)C(=O)NC(C(=O)N1CCCC1/C=C/[C@@](C)(Cc1cccc(Cl)c1)C(=O)NC(C=O)Cc1ccccc1)C(C)OCc1ccccc1. The zero-order chi connectivity index (χ0) is 35.4. The molecular formula is C39H47ClN4O5. The van der Waals surface area contributed by atoms with Gasteiger partial charge in [0.1, 0.15) is 12.3 Å². The second-order valence-corrected chi connectivity index (χ2v) is 13.4. The summed E-state index contributed by atoms with van der Waals surface area (Å²) in [6.07, 6.45) is 5.91. The molecule has 10 heteroatoms. The maximum atomic E-state index is 14.1. The molecule has 6 atom stereocenters. The van der Waals surface area contributed by atoms with Crippen molar-refractivity contribution in [3.63, 3.8) is 0 Å². The Kier molecular flexibility index (Phi) is 13.7. The monoisotopic (exact) mass is 686 g/mol. The van der Waals surface area contributed by atoms with Crippen molar-refractivity contribution >= 4 is 35.6 Å². The second-order valence-electron chi connectivity index (χ2n) is 13.0. The molecule has 4 rings (SSSR count). The first-order chi connectivity index (χ1) is 23.5. The molecule has 0 saturated carbocycles. The Morgan fingerprint density at radius 1 is 0.980 bits per heavy atom. The van der Waals surface area contributed by atoms with E-state index in [4.69, 9.17) is 22.1 Å². The predicted molar refractivity (Wildman–Crippen MR) is 192 cm³/mol. The normalized spacial score (nSPS) is 18.2. The van der Waals surface area contributed by atoms with E-state index in [2.05, 4.69) is 10.6 Å². The Bertz CT molecular complexity index is 1580. The van der Waals surface area contributed by atoms with Gasteiger partial charge in [0.25, 0.3) is 0 Å². The molecule has 1 aliphatic rings. The number of nitrogens with zero attached hydrogens (tertiary/aromatic N) is 1. The van der Waals surface area contributed by atoms with Crippen LogP contribution in [0.5, 0.6) is 0 Å². The van der Waals surface area contributed by atoms with Crippen LogP contribution in [0.4, 0.5) is 0 Å². The number of benzene rings is 3. The lowest BCUT2D eigenvalue weighted by molar-refractivity contribution is -0.141. The Labute approximate surface area is 294 Å². The third kappa shape index (κ3) is 10.8. The summed E-state index contributed by atoms with van der Waals surface area (Å²) in [5, 5.41) is 6.31. The quantitative estimate of drug-likeness (QED) is 0.147. The topological polar surface area (TPSA) is 131 Å². The molecule has 3 aromatic rings. The third-order valence-electron chi connectivity index (χ3n) is 8.83. The number of likely N-dealkylation sites (tertiary alicyclic amines) is 1. The molecule has 1 saturated heterocycles. The van der Waals surface area contributed by atoms with Gasteiger partial charge in [0.05, 0.1) is 36.3 Å². The number of nitrogens with one attached hydrogen (secondary N) is 2. The van der Waals surface area contributed by atoms with Crippen molar-refractivity contribution in [2.75, 3.05) is 6.54 Å². The smallest absolute Gasteiger partial charge is 0.248 e. The molecule has 0 aromatic heterocycles. The third-order valence-corrected chi connectivity index (χ3v) is 9.06. The van der Waals surface area contributed by atoms with Crippen molar-refractivity contribution in [3.05, 3.63) is 119 Å². The Balaban J connectivity index is 1.56. The molecule has 0 radical (unpaired) electrons. The molecule has 3 aromatic carbocycles. The van der Waals surface area contributed by atoms with E-state index < -0.39 is 35.6 Å². The highest BCUT2D eigenvalue weighted by Gasteiger charge is 2.38. The zero-order valence-corrected chi connectivity index (χ0v) is 29.1. The fourth-order valence-corrected chi connectivity index (χ4v) is 6.16. The minimum Gasteiger partial charge on any atom is -0.371 e. The van der Waals surface area contributed by atoms with E-state index in [1.807, 2.05) is 97.9 Å². The van der Waals surface area contributed by atoms with Gasteiger partial charge in [-0.25, -0.2) is 0 Å². The molecule has 1 aliphatic heterocycles. The van der Waals surface area contributed by atoms with Gasteiger partial charge in [-0.2, -0.15) is 0 Å². The summed E-state index contributed by atoms with van der Waals surface area (Å²) < 4.78 is 6.09. The molecule has 1 fully saturated rings. The summed E-state index contributed by atoms with van der Waals surface area (Å²) in [4.78, 5) is 54.7. The van der Waals surface area contributed by atoms with E-state index >= 15 is 0 Å². The lowest BCUT2D eigenvalue weighted by Crippen LogP contribution is -2.57. The van der Waals surface area contributed by atoms with E-state index in [1.54, 1.807) is 24.8 Å². The van der Waals surface area contributed by atoms with Crippen LogP contribution in [0.1, 0.15) is 50.3 Å². The van der Waals surface area contributed by atoms with Gasteiger partial charge in [-0.05, 0) is 75.3 Å². The minimum absolute atomic E-state index is 0.270. The maximum absolute atomic E-state index is 14.1. The van der Waals surface area contributed by atoms with Crippen molar-refractivity contribution in [1.29, 1.82) is 0 Å². The number of hydrogen-bond donors (Lipinski definition) is 3. The number of nitrogens with two attached hydrogens (primary N) is 1. The molecule has 1 heterocycles. The number of halogens is 1. The molecule has 5 unspecified atom stereocenters. The number of aldehydes is 1. The van der Waals surface area contributed by atoms with E-state index in [9.17, 15) is 19.2 Å². The van der Waals surface area contributed by atoms with Gasteiger partial charge < -0.3 is 30.8 Å². The molecular weight excluding hydrogens is 640 g/mol. The van der Waals surface area contributed by atoms with Gasteiger partial charge in [0, 0.05) is 11.6 Å². The molecule has 0 bridgehead atoms. The number of hydrogen-bond acceptors (Lipinski definition) is 6. The lowest BCUT2D eigenvalue weighted by atomic mass is 9.81. The van der Waals surface area contributed by atoms with E-state index in [1.165, 1.54) is 0 Å². The first kappa shape index (κ1) is 37.5. The number of carbonyl (C=O) groups is 4. The van der Waals surface area contributed by atoms with Crippen LogP contribution in [0.25, 0.3) is 0 Å². The first-order valence-electron chi connectivity index (χ1n) is 16.7. The maximum Gasteiger partial charge on any atom is 0.248 e. The molecule has 9 nitrogen and oxygen atoms in total. The molecule has 4 N–H and O–H groups in total. The minimum atomic E-state index is -1.09. The Hall–Kier alpha value is -4.31. The number of rotatable bonds is 16. The highest BCUT2D eigenvalue weighted by molar-refractivity contribution is 6.30. The highest BCUT2D eigenvalue weighted by atomic mass is 35.5. The van der Waals surface area contributed by atoms with Crippen LogP contribution in [0.15, 0.2) is 97.1 Å². The molecule has 0 aliphatic carbocycles. The van der Waals surface area contributed by atoms with Crippen LogP contribution in [0.2, 0.25) is 5.02 Å². The molecule has 0 spiro atoms. The van der Waals surface area contributed by atoms with Crippen LogP contribution in [-0.4, -0.2) is 65.7 Å². The zero-order valence-electron chi connectivity index (χ0n) is 28.4. The predicted octanol–water partition coefficient (Wildman–Crippen LogP) is 4.80. The van der Waals surface area contributed by atoms with Gasteiger partial charge in [-0.3, -0.25) is 14.4 Å². The number of carbonyl (C=O) groups excluding carboxylic acids is 4. The number of ether oxygens (including phenoxy) is 1. The summed E-state index contributed by atoms with van der Waals surface area (Å²) >= 11 is 6.30. The van der Waals surface area contributed by atoms with Gasteiger partial charge in [0.2, 0.25) is 17.7 Å². The molecule has 49 heavy (non-hydrogen) atoms. The Morgan fingerprint density at radius 3 is 2.27 bits per heavy atom. The van der Waals surface area contributed by atoms with Gasteiger partial charge in [-0.15, -0.1) is 0 Å². The van der Waals surface area contributed by atoms with Crippen LogP contribution in [-0.2, 0) is 43.4 Å². The van der Waals surface area contributed by atoms with Crippen molar-refractivity contribution in [2.45, 2.75) is 83.3 Å². The summed E-state index contributed by atoms with van der Waals surface area (Å²) in [7, 11) is 0. The average Bonchev–Trinajstić information content (AvgIpc) is 3.57. The number of amides is 3. The van der Waals surface area contributed by atoms with Gasteiger partial charge in [-0.1, -0.05) is 96.5 Å². The summed E-state index contributed by atoms with van der Waals surface area (Å²) in [5.41, 5.74) is 7.49. The average molecular weight is 687 g/mol. The molecule has 260 valence electrons. The lowest BCUT2D eigenvalue weighted by Gasteiger charge is -2.32. The largest absolute Gasteiger partial charge is 0.371 e. The summed E-state index contributed by atoms with van der Waals surface area (Å²) in [6.45, 7) is 5.89. The first-order valence-corrected chi connectivity index (χ1v) is 17.1. The van der Waals surface area contributed by atoms with Crippen LogP contribution >= 0.6 is 11.6 Å². The van der Waals surface area contributed by atoms with Crippen molar-refractivity contribution < 1.29 is 23.9 Å². The van der Waals surface area contributed by atoms with Crippen molar-refractivity contribution in [2.24, 2.45) is 11.1 Å². The Morgan fingerprint density at radius 2 is 1.63 bits per heavy atom. The van der Waals surface area contributed by atoms with Crippen molar-refractivity contribution in [1.82, 2.24) is 15.5 Å². The van der Waals surface area contributed by atoms with Gasteiger partial charge in [0.15, 0.2) is 0 Å². The fourth-order valence-electron chi connectivity index (χ4n) is 5.95. The van der Waals surface area contributed by atoms with E-state index in [0.717, 1.165) is 29.4 Å². The second kappa shape index (κ2) is 17.9. The van der Waals surface area contributed by atoms with E-state index in [0.29, 0.717) is 30.8 Å². The summed E-state index contributed by atoms with van der Waals surface area (Å²) in [6, 6.07) is 23.6. The van der Waals surface area contributed by atoms with Crippen molar-refractivity contribution in [3.8, 4) is 0 Å². The van der Waals surface area contributed by atoms with Crippen LogP contribution < -0.4 is 16.4 Å². The standard InChI is InChI=1S/C39H47ClN4O5/c1-27(41)36(46)43-35(28(2)49-26-30-14-8-5-9-15-30)37(47)44-21-11-18-34(44)19-20-39(3,24-31-16-10-17-32(40)22-31)38(48)42-33(25-45)23-29-12-6-4-7-13-29/h4-10,12-17,19-20,22,25,27-28,33-35H,11,18,21,23-24,26,41H2,1-3H3,(H,42,48)(H,43,46)/b20-19+/t27?,28?,33?,34?,35?,39-/m0/s1. The van der Waals surface area contributed by atoms with Crippen LogP contribution in [0.3, 0.4) is 0 Å². The van der Waals surface area contributed by atoms with Crippen LogP contribution in [0, 0.1) is 5.41 Å². The van der Waals surface area contributed by atoms with Gasteiger partial charge >= 0.3 is 0 Å². The summed E-state index contributed by atoms with van der Waals surface area (Å²) in [5.74, 6) is -1.06. The van der Waals surface area contributed by atoms with E-state index in [-0.39, 0.29) is 24.5 Å². The fraction of sp³-hybridized carbons (Fsp3) is 0.385. The highest BCUT2D eigenvalue weighted by Crippen LogP contribution is 2.29. The molecule has 3 amide bonds.